The highest BCUT2D eigenvalue weighted by atomic mass is 32.2. The van der Waals surface area contributed by atoms with Gasteiger partial charge in [0.1, 0.15) is 12.0 Å². The second-order valence-electron chi connectivity index (χ2n) is 10.2. The molecule has 0 amide bonds. The summed E-state index contributed by atoms with van der Waals surface area (Å²) in [6.45, 7) is 7.35. The molecule has 0 spiro atoms. The van der Waals surface area contributed by atoms with E-state index in [1.54, 1.807) is 31.4 Å². The molecule has 0 atom stereocenters. The SMILES string of the molecule is COc1c(Nc2cc(C)[nH]n2)nc(Sc2ccc(S(=O)(=O)Cc3ncco3)cc2)nc1N1CCN(CCN(C)C)CC1. The fraction of sp³-hybridized carbons (Fsp3) is 0.407. The summed E-state index contributed by atoms with van der Waals surface area (Å²) in [5, 5.41) is 11.0. The molecule has 0 bridgehead atoms. The maximum atomic E-state index is 12.8. The Balaban J connectivity index is 1.39. The van der Waals surface area contributed by atoms with E-state index in [0.717, 1.165) is 49.9 Å². The van der Waals surface area contributed by atoms with Gasteiger partial charge in [0.2, 0.25) is 11.6 Å². The zero-order valence-corrected chi connectivity index (χ0v) is 25.7. The summed E-state index contributed by atoms with van der Waals surface area (Å²) in [5.41, 5.74) is 0.909. The average molecular weight is 614 g/mol. The van der Waals surface area contributed by atoms with Crippen LogP contribution in [-0.4, -0.2) is 104 Å². The van der Waals surface area contributed by atoms with Crippen LogP contribution in [0.15, 0.2) is 62.2 Å². The second kappa shape index (κ2) is 13.1. The molecule has 1 aliphatic rings. The largest absolute Gasteiger partial charge is 0.490 e. The van der Waals surface area contributed by atoms with Crippen LogP contribution < -0.4 is 15.0 Å². The Morgan fingerprint density at radius 1 is 1.14 bits per heavy atom. The number of sulfone groups is 1. The predicted octanol–water partition coefficient (Wildman–Crippen LogP) is 3.06. The van der Waals surface area contributed by atoms with Crippen molar-refractivity contribution < 1.29 is 17.6 Å². The number of nitrogens with zero attached hydrogens (tertiary/aromatic N) is 7. The number of oxazole rings is 1. The van der Waals surface area contributed by atoms with Gasteiger partial charge in [-0.1, -0.05) is 0 Å². The van der Waals surface area contributed by atoms with Gasteiger partial charge in [-0.15, -0.1) is 0 Å². The number of ether oxygens (including phenoxy) is 1. The van der Waals surface area contributed by atoms with Crippen molar-refractivity contribution in [2.45, 2.75) is 27.6 Å². The van der Waals surface area contributed by atoms with Gasteiger partial charge in [-0.05, 0) is 57.0 Å². The van der Waals surface area contributed by atoms with Crippen LogP contribution in [0.2, 0.25) is 0 Å². The van der Waals surface area contributed by atoms with Crippen LogP contribution in [-0.2, 0) is 15.6 Å². The number of aromatic amines is 1. The maximum absolute atomic E-state index is 12.8. The first kappa shape index (κ1) is 29.8. The van der Waals surface area contributed by atoms with Crippen LogP contribution >= 0.6 is 11.8 Å². The number of hydrogen-bond donors (Lipinski definition) is 2. The number of benzene rings is 1. The number of methoxy groups -OCH3 is 1. The van der Waals surface area contributed by atoms with Crippen LogP contribution in [0.5, 0.6) is 5.75 Å². The molecule has 5 rings (SSSR count). The van der Waals surface area contributed by atoms with Crippen LogP contribution in [0, 0.1) is 6.92 Å². The highest BCUT2D eigenvalue weighted by Gasteiger charge is 2.26. The van der Waals surface area contributed by atoms with Gasteiger partial charge in [-0.25, -0.2) is 23.4 Å². The number of H-pyrrole nitrogens is 1. The van der Waals surface area contributed by atoms with Gasteiger partial charge >= 0.3 is 0 Å². The number of anilines is 3. The normalized spacial score (nSPS) is 14.5. The van der Waals surface area contributed by atoms with Gasteiger partial charge in [0, 0.05) is 55.9 Å². The number of nitrogens with one attached hydrogen (secondary N) is 2. The lowest BCUT2D eigenvalue weighted by Gasteiger charge is -2.36. The van der Waals surface area contributed by atoms with Crippen LogP contribution in [0.3, 0.4) is 0 Å². The summed E-state index contributed by atoms with van der Waals surface area (Å²) in [6.07, 6.45) is 2.78. The molecule has 0 saturated carbocycles. The molecular formula is C27H35N9O4S2. The van der Waals surface area contributed by atoms with Crippen molar-refractivity contribution in [3.63, 3.8) is 0 Å². The van der Waals surface area contributed by atoms with Crippen LogP contribution in [0.1, 0.15) is 11.6 Å². The molecule has 4 aromatic rings. The number of aryl methyl sites for hydroxylation is 1. The van der Waals surface area contributed by atoms with Gasteiger partial charge in [0.25, 0.3) is 0 Å². The highest BCUT2D eigenvalue weighted by molar-refractivity contribution is 7.99. The minimum atomic E-state index is -3.60. The lowest BCUT2D eigenvalue weighted by Crippen LogP contribution is -2.48. The lowest BCUT2D eigenvalue weighted by molar-refractivity contribution is 0.228. The second-order valence-corrected chi connectivity index (χ2v) is 13.2. The van der Waals surface area contributed by atoms with Crippen molar-refractivity contribution in [3.8, 4) is 5.75 Å². The fourth-order valence-electron chi connectivity index (χ4n) is 4.47. The molecule has 42 heavy (non-hydrogen) atoms. The van der Waals surface area contributed by atoms with Crippen molar-refractivity contribution in [3.05, 3.63) is 54.4 Å². The topological polar surface area (TPSA) is 146 Å². The molecule has 1 fully saturated rings. The smallest absolute Gasteiger partial charge is 0.209 e. The Labute approximate surface area is 249 Å². The van der Waals surface area contributed by atoms with Gasteiger partial charge in [0.05, 0.1) is 18.2 Å². The number of likely N-dealkylation sites (N-methyl/N-ethyl adjacent to an activating group) is 1. The number of rotatable bonds is 12. The molecule has 0 radical (unpaired) electrons. The zero-order valence-electron chi connectivity index (χ0n) is 24.1. The lowest BCUT2D eigenvalue weighted by atomic mass is 10.3. The molecule has 0 unspecified atom stereocenters. The molecule has 15 heteroatoms. The molecule has 1 aliphatic heterocycles. The highest BCUT2D eigenvalue weighted by Crippen LogP contribution is 2.38. The van der Waals surface area contributed by atoms with Gasteiger partial charge in [-0.2, -0.15) is 5.10 Å². The molecular weight excluding hydrogens is 578 g/mol. The van der Waals surface area contributed by atoms with E-state index in [1.807, 2.05) is 13.0 Å². The standard InChI is InChI=1S/C27H35N9O4S2/c1-19-17-22(33-32-19)29-25-24(39-4)26(36-14-12-35(13-15-36)11-10-34(2)3)31-27(30-25)41-20-5-7-21(8-6-20)42(37,38)18-23-28-9-16-40-23/h5-9,16-17H,10-15,18H2,1-4H3,(H2,29,30,31,32,33). The Hall–Kier alpha value is -3.66. The summed E-state index contributed by atoms with van der Waals surface area (Å²) in [7, 11) is 2.18. The molecule has 2 N–H and O–H groups in total. The molecule has 1 aromatic carbocycles. The molecule has 1 saturated heterocycles. The first-order valence-electron chi connectivity index (χ1n) is 13.5. The van der Waals surface area contributed by atoms with Crippen molar-refractivity contribution >= 4 is 39.1 Å². The van der Waals surface area contributed by atoms with Gasteiger partial charge in [-0.3, -0.25) is 10.00 Å². The minimum absolute atomic E-state index is 0.151. The summed E-state index contributed by atoms with van der Waals surface area (Å²) >= 11 is 1.34. The van der Waals surface area contributed by atoms with E-state index in [9.17, 15) is 8.42 Å². The van der Waals surface area contributed by atoms with E-state index < -0.39 is 9.84 Å². The van der Waals surface area contributed by atoms with E-state index in [4.69, 9.17) is 19.1 Å². The Kier molecular flexibility index (Phi) is 9.30. The zero-order chi connectivity index (χ0) is 29.7. The van der Waals surface area contributed by atoms with Crippen LogP contribution in [0.25, 0.3) is 0 Å². The third-order valence-electron chi connectivity index (χ3n) is 6.71. The summed E-state index contributed by atoms with van der Waals surface area (Å²) in [4.78, 5) is 21.4. The third kappa shape index (κ3) is 7.40. The van der Waals surface area contributed by atoms with E-state index >= 15 is 0 Å². The first-order valence-corrected chi connectivity index (χ1v) is 15.9. The molecule has 3 aromatic heterocycles. The predicted molar refractivity (Wildman–Crippen MR) is 160 cm³/mol. The Morgan fingerprint density at radius 3 is 2.52 bits per heavy atom. The van der Waals surface area contributed by atoms with E-state index in [-0.39, 0.29) is 16.5 Å². The fourth-order valence-corrected chi connectivity index (χ4v) is 6.41. The molecule has 13 nitrogen and oxygen atoms in total. The van der Waals surface area contributed by atoms with Crippen molar-refractivity contribution in [1.82, 2.24) is 34.9 Å². The molecule has 0 aliphatic carbocycles. The summed E-state index contributed by atoms with van der Waals surface area (Å²) in [6, 6.07) is 8.52. The quantitative estimate of drug-likeness (QED) is 0.226. The van der Waals surface area contributed by atoms with E-state index in [1.165, 1.54) is 24.2 Å². The van der Waals surface area contributed by atoms with Gasteiger partial charge in [0.15, 0.2) is 32.4 Å². The average Bonchev–Trinajstić information content (AvgIpc) is 3.63. The van der Waals surface area contributed by atoms with Crippen molar-refractivity contribution in [1.29, 1.82) is 0 Å². The van der Waals surface area contributed by atoms with E-state index in [0.29, 0.717) is 28.4 Å². The third-order valence-corrected chi connectivity index (χ3v) is 9.20. The molecule has 4 heterocycles. The maximum Gasteiger partial charge on any atom is 0.209 e. The Bertz CT molecular complexity index is 1570. The number of piperazine rings is 1. The number of hydrogen-bond acceptors (Lipinski definition) is 13. The molecule has 224 valence electrons. The minimum Gasteiger partial charge on any atom is -0.490 e. The Morgan fingerprint density at radius 2 is 1.90 bits per heavy atom. The first-order chi connectivity index (χ1) is 20.2. The van der Waals surface area contributed by atoms with Crippen molar-refractivity contribution in [2.75, 3.05) is 70.7 Å². The van der Waals surface area contributed by atoms with Crippen molar-refractivity contribution in [2.24, 2.45) is 0 Å². The monoisotopic (exact) mass is 613 g/mol. The summed E-state index contributed by atoms with van der Waals surface area (Å²) < 4.78 is 36.6. The van der Waals surface area contributed by atoms with Crippen LogP contribution in [0.4, 0.5) is 17.5 Å². The van der Waals surface area contributed by atoms with Gasteiger partial charge < -0.3 is 24.3 Å². The number of aromatic nitrogens is 5. The summed E-state index contributed by atoms with van der Waals surface area (Å²) in [5.74, 6) is 2.19. The van der Waals surface area contributed by atoms with E-state index in [2.05, 4.69) is 49.3 Å².